The van der Waals surface area contributed by atoms with Crippen LogP contribution < -0.4 is 5.32 Å². The van der Waals surface area contributed by atoms with E-state index < -0.39 is 22.8 Å². The second-order valence-corrected chi connectivity index (χ2v) is 9.76. The van der Waals surface area contributed by atoms with Gasteiger partial charge in [-0.2, -0.15) is 0 Å². The average Bonchev–Trinajstić information content (AvgIpc) is 2.94. The normalized spacial score (nSPS) is 25.2. The molecule has 0 bridgehead atoms. The molecule has 4 rings (SSSR count). The van der Waals surface area contributed by atoms with Crippen molar-refractivity contribution in [3.05, 3.63) is 36.4 Å². The third-order valence-corrected chi connectivity index (χ3v) is 7.06. The van der Waals surface area contributed by atoms with Crippen molar-refractivity contribution in [2.24, 2.45) is 0 Å². The molecule has 28 heavy (non-hydrogen) atoms. The van der Waals surface area contributed by atoms with Gasteiger partial charge in [-0.15, -0.1) is 11.8 Å². The molecule has 2 saturated heterocycles. The lowest BCUT2D eigenvalue weighted by molar-refractivity contribution is -0.158. The van der Waals surface area contributed by atoms with Gasteiger partial charge in [0, 0.05) is 16.4 Å². The molecule has 1 amide bonds. The lowest BCUT2D eigenvalue weighted by atomic mass is 9.96. The summed E-state index contributed by atoms with van der Waals surface area (Å²) in [6, 6.07) is 10.3. The first-order chi connectivity index (χ1) is 13.3. The summed E-state index contributed by atoms with van der Waals surface area (Å²) in [4.78, 5) is 34.9. The number of benzene rings is 1. The Morgan fingerprint density at radius 2 is 2.00 bits per heavy atom. The smallest absolute Gasteiger partial charge is 0.327 e. The molecule has 1 aromatic heterocycles. The molecule has 2 N–H and O–H groups in total. The molecular weight excluding hydrogens is 396 g/mol. The second kappa shape index (κ2) is 6.97. The second-order valence-electron chi connectivity index (χ2n) is 7.21. The maximum atomic E-state index is 12.7. The highest BCUT2D eigenvalue weighted by atomic mass is 32.2. The zero-order valence-electron chi connectivity index (χ0n) is 15.6. The molecule has 0 spiro atoms. The van der Waals surface area contributed by atoms with Gasteiger partial charge in [-0.05, 0) is 20.1 Å². The predicted molar refractivity (Wildman–Crippen MR) is 110 cm³/mol. The molecule has 2 aliphatic heterocycles. The Morgan fingerprint density at radius 3 is 2.64 bits per heavy atom. The summed E-state index contributed by atoms with van der Waals surface area (Å²) >= 11 is 2.94. The van der Waals surface area contributed by atoms with Gasteiger partial charge in [-0.3, -0.25) is 4.79 Å². The van der Waals surface area contributed by atoms with E-state index in [1.807, 2.05) is 56.5 Å². The summed E-state index contributed by atoms with van der Waals surface area (Å²) in [5, 5.41) is 13.1. The number of carboxylic acids is 1. The molecule has 2 aromatic rings. The summed E-state index contributed by atoms with van der Waals surface area (Å²) in [5.74, 6) is -0.612. The summed E-state index contributed by atoms with van der Waals surface area (Å²) in [6.07, 6.45) is 1.90. The van der Waals surface area contributed by atoms with Crippen molar-refractivity contribution in [3.63, 3.8) is 0 Å². The Labute approximate surface area is 171 Å². The number of nitrogens with zero attached hydrogens (tertiary/aromatic N) is 3. The van der Waals surface area contributed by atoms with E-state index >= 15 is 0 Å². The van der Waals surface area contributed by atoms with Crippen LogP contribution in [-0.2, 0) is 9.59 Å². The van der Waals surface area contributed by atoms with Gasteiger partial charge in [0.25, 0.3) is 0 Å². The third kappa shape index (κ3) is 3.12. The topological polar surface area (TPSA) is 95.4 Å². The third-order valence-electron chi connectivity index (χ3n) is 4.94. The largest absolute Gasteiger partial charge is 0.480 e. The first-order valence-corrected chi connectivity index (χ1v) is 10.9. The van der Waals surface area contributed by atoms with Crippen LogP contribution in [0, 0.1) is 0 Å². The molecule has 3 atom stereocenters. The number of aromatic nitrogens is 2. The fourth-order valence-electron chi connectivity index (χ4n) is 3.65. The van der Waals surface area contributed by atoms with Crippen molar-refractivity contribution >= 4 is 41.2 Å². The van der Waals surface area contributed by atoms with Gasteiger partial charge in [0.2, 0.25) is 5.91 Å². The van der Waals surface area contributed by atoms with Crippen molar-refractivity contribution in [1.29, 1.82) is 0 Å². The Morgan fingerprint density at radius 1 is 1.29 bits per heavy atom. The summed E-state index contributed by atoms with van der Waals surface area (Å²) in [7, 11) is 0. The lowest BCUT2D eigenvalue weighted by Gasteiger charge is -2.43. The molecule has 0 radical (unpaired) electrons. The van der Waals surface area contributed by atoms with Crippen molar-refractivity contribution in [2.75, 3.05) is 11.6 Å². The van der Waals surface area contributed by atoms with Gasteiger partial charge in [-0.25, -0.2) is 14.8 Å². The van der Waals surface area contributed by atoms with Gasteiger partial charge in [0.15, 0.2) is 5.16 Å². The van der Waals surface area contributed by atoms with E-state index in [0.717, 1.165) is 11.3 Å². The first-order valence-electron chi connectivity index (χ1n) is 8.79. The highest BCUT2D eigenvalue weighted by Crippen LogP contribution is 2.51. The number of aliphatic carboxylic acids is 1. The number of amides is 1. The minimum absolute atomic E-state index is 0.207. The van der Waals surface area contributed by atoms with E-state index in [9.17, 15) is 14.7 Å². The number of rotatable bonds is 5. The van der Waals surface area contributed by atoms with Crippen molar-refractivity contribution < 1.29 is 14.7 Å². The molecule has 0 unspecified atom stereocenters. The fourth-order valence-corrected chi connectivity index (χ4v) is 5.66. The molecule has 0 saturated carbocycles. The van der Waals surface area contributed by atoms with Crippen LogP contribution in [0.5, 0.6) is 0 Å². The number of carbonyl (C=O) groups is 2. The first kappa shape index (κ1) is 19.1. The quantitative estimate of drug-likeness (QED) is 0.436. The zero-order chi connectivity index (χ0) is 20.1. The van der Waals surface area contributed by atoms with Crippen molar-refractivity contribution in [1.82, 2.24) is 14.9 Å². The molecule has 7 nitrogen and oxygen atoms in total. The average molecular weight is 417 g/mol. The molecule has 9 heteroatoms. The van der Waals surface area contributed by atoms with E-state index in [1.165, 1.54) is 28.4 Å². The van der Waals surface area contributed by atoms with E-state index in [2.05, 4.69) is 15.3 Å². The Balaban J connectivity index is 1.61. The van der Waals surface area contributed by atoms with E-state index in [0.29, 0.717) is 11.0 Å². The number of anilines is 1. The van der Waals surface area contributed by atoms with E-state index in [4.69, 9.17) is 0 Å². The van der Waals surface area contributed by atoms with Crippen molar-refractivity contribution in [3.8, 4) is 11.3 Å². The minimum Gasteiger partial charge on any atom is -0.480 e. The molecule has 1 aromatic carbocycles. The van der Waals surface area contributed by atoms with Crippen LogP contribution in [-0.4, -0.2) is 60.3 Å². The number of thioether (sulfide) groups is 2. The standard InChI is InChI=1S/C19H20N4O3S2/c1-19(2)14(17(25)26)23-15(24)13(16(23)28-19)21-12-9-11(20-18(22-12)27-3)10-7-5-4-6-8-10/h4-9,13-14,16H,1-3H3,(H,25,26)(H,20,21,22)/t13-,14-,16+/m1/s1. The fraction of sp³-hybridized carbons (Fsp3) is 0.368. The van der Waals surface area contributed by atoms with Gasteiger partial charge in [0.05, 0.1) is 5.69 Å². The van der Waals surface area contributed by atoms with Crippen LogP contribution in [0.4, 0.5) is 5.82 Å². The highest BCUT2D eigenvalue weighted by Gasteiger charge is 2.63. The Bertz CT molecular complexity index is 938. The summed E-state index contributed by atoms with van der Waals surface area (Å²) in [5.41, 5.74) is 1.74. The van der Waals surface area contributed by atoms with Gasteiger partial charge in [0.1, 0.15) is 23.3 Å². The van der Waals surface area contributed by atoms with Gasteiger partial charge in [-0.1, -0.05) is 42.1 Å². The van der Waals surface area contributed by atoms with Crippen LogP contribution >= 0.6 is 23.5 Å². The van der Waals surface area contributed by atoms with Crippen LogP contribution in [0.2, 0.25) is 0 Å². The van der Waals surface area contributed by atoms with Crippen LogP contribution in [0.25, 0.3) is 11.3 Å². The van der Waals surface area contributed by atoms with Crippen LogP contribution in [0.1, 0.15) is 13.8 Å². The Kier molecular flexibility index (Phi) is 4.75. The maximum absolute atomic E-state index is 12.7. The number of carbonyl (C=O) groups excluding carboxylic acids is 1. The molecule has 2 fully saturated rings. The number of β-lactam (4-membered cyclic amide) rings is 1. The zero-order valence-corrected chi connectivity index (χ0v) is 17.3. The predicted octanol–water partition coefficient (Wildman–Crippen LogP) is 2.79. The van der Waals surface area contributed by atoms with E-state index in [-0.39, 0.29) is 11.3 Å². The highest BCUT2D eigenvalue weighted by molar-refractivity contribution is 8.01. The number of fused-ring (bicyclic) bond motifs is 1. The number of hydrogen-bond donors (Lipinski definition) is 2. The molecule has 146 valence electrons. The SMILES string of the molecule is CSc1nc(N[C@@H]2C(=O)N3[C@H]2SC(C)(C)[C@H]3C(=O)O)cc(-c2ccccc2)n1. The molecule has 3 heterocycles. The van der Waals surface area contributed by atoms with Crippen LogP contribution in [0.15, 0.2) is 41.6 Å². The number of hydrogen-bond acceptors (Lipinski definition) is 7. The number of nitrogens with one attached hydrogen (secondary N) is 1. The van der Waals surface area contributed by atoms with Gasteiger partial charge < -0.3 is 15.3 Å². The molecule has 0 aliphatic carbocycles. The molecule has 2 aliphatic rings. The number of carboxylic acid groups (broad SMARTS) is 1. The maximum Gasteiger partial charge on any atom is 0.327 e. The van der Waals surface area contributed by atoms with Crippen LogP contribution in [0.3, 0.4) is 0 Å². The van der Waals surface area contributed by atoms with E-state index in [1.54, 1.807) is 0 Å². The summed E-state index contributed by atoms with van der Waals surface area (Å²) < 4.78 is -0.548. The van der Waals surface area contributed by atoms with Crippen molar-refractivity contribution in [2.45, 2.75) is 41.2 Å². The summed E-state index contributed by atoms with van der Waals surface area (Å²) in [6.45, 7) is 3.73. The minimum atomic E-state index is -0.968. The monoisotopic (exact) mass is 416 g/mol. The molecular formula is C19H20N4O3S2. The van der Waals surface area contributed by atoms with Gasteiger partial charge >= 0.3 is 5.97 Å². The lowest BCUT2D eigenvalue weighted by Crippen LogP contribution is -2.68. The Hall–Kier alpha value is -2.26.